The Bertz CT molecular complexity index is 1080. The zero-order valence-corrected chi connectivity index (χ0v) is 18.5. The summed E-state index contributed by atoms with van der Waals surface area (Å²) in [6.07, 6.45) is 1.08. The van der Waals surface area contributed by atoms with E-state index in [-0.39, 0.29) is 35.1 Å². The van der Waals surface area contributed by atoms with E-state index >= 15 is 0 Å². The summed E-state index contributed by atoms with van der Waals surface area (Å²) < 4.78 is 28.7. The van der Waals surface area contributed by atoms with Crippen molar-refractivity contribution >= 4 is 38.8 Å². The van der Waals surface area contributed by atoms with Gasteiger partial charge in [-0.1, -0.05) is 48.2 Å². The number of rotatable bonds is 8. The Labute approximate surface area is 183 Å². The third kappa shape index (κ3) is 5.50. The Hall–Kier alpha value is -2.17. The average Bonchev–Trinajstić information content (AvgIpc) is 3.47. The van der Waals surface area contributed by atoms with Gasteiger partial charge < -0.3 is 9.73 Å². The molecule has 0 bridgehead atoms. The second-order valence-corrected chi connectivity index (χ2v) is 11.3. The van der Waals surface area contributed by atoms with Gasteiger partial charge in [0.05, 0.1) is 23.3 Å². The molecular weight excluding hydrogens is 442 g/mol. The van der Waals surface area contributed by atoms with Crippen LogP contribution in [0.3, 0.4) is 0 Å². The summed E-state index contributed by atoms with van der Waals surface area (Å²) >= 11 is 2.77. The number of amides is 1. The van der Waals surface area contributed by atoms with Crippen LogP contribution >= 0.6 is 23.1 Å². The molecule has 1 aliphatic heterocycles. The van der Waals surface area contributed by atoms with E-state index in [0.29, 0.717) is 24.0 Å². The van der Waals surface area contributed by atoms with Gasteiger partial charge in [0.2, 0.25) is 11.8 Å². The number of sulfone groups is 1. The van der Waals surface area contributed by atoms with Gasteiger partial charge in [0.1, 0.15) is 0 Å². The van der Waals surface area contributed by atoms with E-state index in [9.17, 15) is 13.2 Å². The van der Waals surface area contributed by atoms with Crippen LogP contribution in [0.25, 0.3) is 0 Å². The second-order valence-electron chi connectivity index (χ2n) is 7.15. The molecule has 0 unspecified atom stereocenters. The highest BCUT2D eigenvalue weighted by molar-refractivity contribution is 7.99. The lowest BCUT2D eigenvalue weighted by Gasteiger charge is -2.17. The average molecular weight is 464 g/mol. The van der Waals surface area contributed by atoms with Crippen LogP contribution in [0, 0.1) is 5.92 Å². The number of carbonyl (C=O) groups is 1. The summed E-state index contributed by atoms with van der Waals surface area (Å²) in [6.45, 7) is 0. The van der Waals surface area contributed by atoms with E-state index in [0.717, 1.165) is 10.4 Å². The number of hydrogen-bond donors (Lipinski definition) is 1. The molecule has 158 valence electrons. The predicted molar refractivity (Wildman–Crippen MR) is 116 cm³/mol. The minimum absolute atomic E-state index is 0.0222. The number of nitrogens with one attached hydrogen (secondary N) is 1. The molecule has 1 saturated heterocycles. The summed E-state index contributed by atoms with van der Waals surface area (Å²) in [4.78, 5) is 13.6. The molecule has 1 amide bonds. The molecule has 2 aromatic heterocycles. The summed E-state index contributed by atoms with van der Waals surface area (Å²) in [5.41, 5.74) is 1.02. The van der Waals surface area contributed by atoms with Crippen molar-refractivity contribution in [3.8, 4) is 0 Å². The Kier molecular flexibility index (Phi) is 6.55. The number of thiophene rings is 1. The van der Waals surface area contributed by atoms with Gasteiger partial charge in [-0.2, -0.15) is 0 Å². The maximum absolute atomic E-state index is 12.6. The highest BCUT2D eigenvalue weighted by atomic mass is 32.2. The molecular formula is C20H21N3O4S3. The highest BCUT2D eigenvalue weighted by Crippen LogP contribution is 2.27. The fourth-order valence-corrected chi connectivity index (χ4v) is 6.66. The predicted octanol–water partition coefficient (Wildman–Crippen LogP) is 3.11. The molecule has 0 aliphatic carbocycles. The first kappa shape index (κ1) is 21.1. The highest BCUT2D eigenvalue weighted by Gasteiger charge is 2.29. The lowest BCUT2D eigenvalue weighted by atomic mass is 10.1. The van der Waals surface area contributed by atoms with Crippen LogP contribution in [0.15, 0.2) is 57.5 Å². The van der Waals surface area contributed by atoms with Gasteiger partial charge in [0.15, 0.2) is 9.84 Å². The molecule has 3 aromatic rings. The largest absolute Gasteiger partial charge is 0.416 e. The zero-order chi connectivity index (χ0) is 21.0. The number of aromatic nitrogens is 2. The van der Waals surface area contributed by atoms with E-state index in [1.54, 1.807) is 11.3 Å². The first-order valence-electron chi connectivity index (χ1n) is 9.52. The molecule has 1 N–H and O–H groups in total. The Morgan fingerprint density at radius 2 is 2.07 bits per heavy atom. The number of benzene rings is 1. The van der Waals surface area contributed by atoms with Gasteiger partial charge >= 0.3 is 0 Å². The molecule has 1 aromatic carbocycles. The Balaban J connectivity index is 1.32. The third-order valence-electron chi connectivity index (χ3n) is 4.83. The van der Waals surface area contributed by atoms with Crippen molar-refractivity contribution in [3.05, 3.63) is 64.2 Å². The minimum atomic E-state index is -2.93. The third-order valence-corrected chi connectivity index (χ3v) is 8.42. The van der Waals surface area contributed by atoms with Crippen molar-refractivity contribution in [1.29, 1.82) is 0 Å². The van der Waals surface area contributed by atoms with Crippen molar-refractivity contribution in [2.24, 2.45) is 5.92 Å². The monoisotopic (exact) mass is 463 g/mol. The molecule has 0 radical (unpaired) electrons. The second kappa shape index (κ2) is 9.32. The van der Waals surface area contributed by atoms with E-state index in [1.165, 1.54) is 11.8 Å². The number of carbonyl (C=O) groups excluding carboxylic acids is 1. The molecule has 7 nitrogen and oxygen atoms in total. The van der Waals surface area contributed by atoms with Crippen LogP contribution < -0.4 is 5.32 Å². The number of hydrogen-bond acceptors (Lipinski definition) is 8. The molecule has 3 heterocycles. The SMILES string of the molecule is O=C(CSc1nnc(C[C@@H]2CCS(=O)(=O)C2)o1)N[C@@H](c1ccccc1)c1cccs1. The zero-order valence-electron chi connectivity index (χ0n) is 16.1. The summed E-state index contributed by atoms with van der Waals surface area (Å²) in [7, 11) is -2.93. The van der Waals surface area contributed by atoms with E-state index in [4.69, 9.17) is 4.42 Å². The molecule has 10 heteroatoms. The molecule has 1 aliphatic rings. The van der Waals surface area contributed by atoms with Crippen molar-refractivity contribution in [1.82, 2.24) is 15.5 Å². The van der Waals surface area contributed by atoms with E-state index in [2.05, 4.69) is 15.5 Å². The Morgan fingerprint density at radius 1 is 1.23 bits per heavy atom. The fourth-order valence-electron chi connectivity index (χ4n) is 3.41. The van der Waals surface area contributed by atoms with Crippen LogP contribution in [0.4, 0.5) is 0 Å². The lowest BCUT2D eigenvalue weighted by Crippen LogP contribution is -2.30. The molecule has 1 fully saturated rings. The Morgan fingerprint density at radius 3 is 2.77 bits per heavy atom. The molecule has 30 heavy (non-hydrogen) atoms. The van der Waals surface area contributed by atoms with E-state index < -0.39 is 9.84 Å². The van der Waals surface area contributed by atoms with Crippen LogP contribution in [0.1, 0.15) is 28.8 Å². The molecule has 4 rings (SSSR count). The lowest BCUT2D eigenvalue weighted by molar-refractivity contribution is -0.119. The van der Waals surface area contributed by atoms with Crippen molar-refractivity contribution in [2.75, 3.05) is 17.3 Å². The smallest absolute Gasteiger partial charge is 0.277 e. The fraction of sp³-hybridized carbons (Fsp3) is 0.350. The number of thioether (sulfide) groups is 1. The van der Waals surface area contributed by atoms with Gasteiger partial charge in [0, 0.05) is 11.3 Å². The first-order chi connectivity index (χ1) is 14.5. The minimum Gasteiger partial charge on any atom is -0.416 e. The molecule has 0 saturated carbocycles. The van der Waals surface area contributed by atoms with Crippen LogP contribution in [0.5, 0.6) is 0 Å². The van der Waals surface area contributed by atoms with Crippen molar-refractivity contribution in [2.45, 2.75) is 24.1 Å². The van der Waals surface area contributed by atoms with Crippen LogP contribution in [-0.2, 0) is 21.1 Å². The molecule has 0 spiro atoms. The van der Waals surface area contributed by atoms with Gasteiger partial charge in [-0.05, 0) is 29.3 Å². The van der Waals surface area contributed by atoms with Gasteiger partial charge in [-0.15, -0.1) is 21.5 Å². The summed E-state index contributed by atoms with van der Waals surface area (Å²) in [6, 6.07) is 13.6. The maximum Gasteiger partial charge on any atom is 0.277 e. The van der Waals surface area contributed by atoms with Crippen molar-refractivity contribution < 1.29 is 17.6 Å². The maximum atomic E-state index is 12.6. The quantitative estimate of drug-likeness (QED) is 0.512. The molecule has 2 atom stereocenters. The van der Waals surface area contributed by atoms with Crippen molar-refractivity contribution in [3.63, 3.8) is 0 Å². The van der Waals surface area contributed by atoms with Crippen LogP contribution in [0.2, 0.25) is 0 Å². The number of nitrogens with zero attached hydrogens (tertiary/aromatic N) is 2. The normalized spacial score (nSPS) is 18.9. The van der Waals surface area contributed by atoms with Gasteiger partial charge in [-0.3, -0.25) is 4.79 Å². The van der Waals surface area contributed by atoms with Crippen LogP contribution in [-0.4, -0.2) is 41.8 Å². The topological polar surface area (TPSA) is 102 Å². The summed E-state index contributed by atoms with van der Waals surface area (Å²) in [5, 5.41) is 13.3. The standard InChI is InChI=1S/C20H21N3O4S3/c24-17(21-19(16-7-4-9-28-16)15-5-2-1-3-6-15)12-29-20-23-22-18(27-20)11-14-8-10-30(25,26)13-14/h1-7,9,14,19H,8,10-13H2,(H,21,24)/t14-,19-/m0/s1. The van der Waals surface area contributed by atoms with E-state index in [1.807, 2.05) is 47.8 Å². The summed E-state index contributed by atoms with van der Waals surface area (Å²) in [5.74, 6) is 0.844. The van der Waals surface area contributed by atoms with Gasteiger partial charge in [-0.25, -0.2) is 8.42 Å². The first-order valence-corrected chi connectivity index (χ1v) is 13.2. The van der Waals surface area contributed by atoms with Gasteiger partial charge in [0.25, 0.3) is 5.22 Å².